The van der Waals surface area contributed by atoms with Gasteiger partial charge in [0, 0.05) is 17.0 Å². The summed E-state index contributed by atoms with van der Waals surface area (Å²) in [6.45, 7) is 4.16. The van der Waals surface area contributed by atoms with Crippen molar-refractivity contribution in [3.05, 3.63) is 35.5 Å². The van der Waals surface area contributed by atoms with Crippen molar-refractivity contribution < 1.29 is 4.52 Å². The fourth-order valence-corrected chi connectivity index (χ4v) is 2.50. The van der Waals surface area contributed by atoms with Gasteiger partial charge >= 0.3 is 0 Å². The number of nitrogens with zero attached hydrogens (tertiary/aromatic N) is 2. The van der Waals surface area contributed by atoms with E-state index in [1.807, 2.05) is 19.1 Å². The first kappa shape index (κ1) is 13.9. The fourth-order valence-electron chi connectivity index (χ4n) is 1.67. The first-order valence-corrected chi connectivity index (χ1v) is 7.48. The van der Waals surface area contributed by atoms with E-state index in [0.717, 1.165) is 36.3 Å². The van der Waals surface area contributed by atoms with Crippen molar-refractivity contribution in [1.29, 1.82) is 0 Å². The molecule has 0 bridgehead atoms. The van der Waals surface area contributed by atoms with Crippen LogP contribution in [0.1, 0.15) is 37.0 Å². The lowest BCUT2D eigenvalue weighted by Gasteiger charge is -2.02. The van der Waals surface area contributed by atoms with E-state index in [1.165, 1.54) is 4.90 Å². The van der Waals surface area contributed by atoms with Gasteiger partial charge in [-0.2, -0.15) is 4.98 Å². The smallest absolute Gasteiger partial charge is 0.237 e. The monoisotopic (exact) mass is 277 g/mol. The first-order chi connectivity index (χ1) is 9.19. The van der Waals surface area contributed by atoms with Crippen LogP contribution in [0.3, 0.4) is 0 Å². The summed E-state index contributed by atoms with van der Waals surface area (Å²) in [6.07, 6.45) is 3.14. The number of nitrogen functional groups attached to an aromatic ring is 1. The summed E-state index contributed by atoms with van der Waals surface area (Å²) >= 11 is 1.68. The van der Waals surface area contributed by atoms with Crippen LogP contribution in [0, 0.1) is 6.92 Å². The molecule has 0 radical (unpaired) electrons. The molecule has 0 saturated heterocycles. The largest absolute Gasteiger partial charge is 0.399 e. The van der Waals surface area contributed by atoms with Gasteiger partial charge < -0.3 is 10.3 Å². The Morgan fingerprint density at radius 1 is 1.37 bits per heavy atom. The van der Waals surface area contributed by atoms with Gasteiger partial charge in [-0.25, -0.2) is 0 Å². The number of benzene rings is 1. The highest BCUT2D eigenvalue weighted by molar-refractivity contribution is 7.98. The van der Waals surface area contributed by atoms with Gasteiger partial charge in [-0.1, -0.05) is 18.5 Å². The van der Waals surface area contributed by atoms with E-state index in [-0.39, 0.29) is 0 Å². The van der Waals surface area contributed by atoms with Gasteiger partial charge in [0.15, 0.2) is 5.82 Å². The number of aromatic nitrogens is 2. The summed E-state index contributed by atoms with van der Waals surface area (Å²) in [5.41, 5.74) is 7.72. The highest BCUT2D eigenvalue weighted by Gasteiger charge is 2.07. The number of hydrogen-bond acceptors (Lipinski definition) is 5. The summed E-state index contributed by atoms with van der Waals surface area (Å²) in [5.74, 6) is 2.19. The summed E-state index contributed by atoms with van der Waals surface area (Å²) in [4.78, 5) is 5.55. The molecule has 2 aromatic rings. The second kappa shape index (κ2) is 6.61. The first-order valence-electron chi connectivity index (χ1n) is 6.49. The van der Waals surface area contributed by atoms with E-state index in [2.05, 4.69) is 23.1 Å². The maximum Gasteiger partial charge on any atom is 0.237 e. The third-order valence-electron chi connectivity index (χ3n) is 2.87. The molecule has 102 valence electrons. The van der Waals surface area contributed by atoms with Crippen LogP contribution < -0.4 is 5.73 Å². The molecular formula is C14H19N3OS. The number of thioether (sulfide) groups is 1. The molecule has 2 N–H and O–H groups in total. The Morgan fingerprint density at radius 3 is 2.95 bits per heavy atom. The summed E-state index contributed by atoms with van der Waals surface area (Å²) < 4.78 is 5.23. The quantitative estimate of drug-likeness (QED) is 0.645. The molecule has 0 fully saturated rings. The van der Waals surface area contributed by atoms with Crippen molar-refractivity contribution in [2.75, 3.05) is 5.73 Å². The van der Waals surface area contributed by atoms with Crippen LogP contribution in [0.2, 0.25) is 0 Å². The molecule has 0 aliphatic heterocycles. The number of aryl methyl sites for hydroxylation is 2. The van der Waals surface area contributed by atoms with Crippen LogP contribution >= 0.6 is 11.8 Å². The molecule has 0 aliphatic rings. The highest BCUT2D eigenvalue weighted by atomic mass is 32.2. The minimum Gasteiger partial charge on any atom is -0.399 e. The maximum atomic E-state index is 5.80. The van der Waals surface area contributed by atoms with Crippen molar-refractivity contribution in [3.63, 3.8) is 0 Å². The van der Waals surface area contributed by atoms with Crippen LogP contribution in [-0.2, 0) is 12.2 Å². The zero-order valence-electron chi connectivity index (χ0n) is 11.3. The third-order valence-corrected chi connectivity index (χ3v) is 3.85. The van der Waals surface area contributed by atoms with Crippen LogP contribution in [0.25, 0.3) is 0 Å². The number of unbranched alkanes of at least 4 members (excludes halogenated alkanes) is 1. The fraction of sp³-hybridized carbons (Fsp3) is 0.429. The Morgan fingerprint density at radius 2 is 2.21 bits per heavy atom. The number of anilines is 1. The number of hydrogen-bond donors (Lipinski definition) is 1. The molecular weight excluding hydrogens is 258 g/mol. The SMILES string of the molecule is CCCCc1noc(CSc2ccc(N)c(C)c2)n1. The predicted molar refractivity (Wildman–Crippen MR) is 78.1 cm³/mol. The normalized spacial score (nSPS) is 10.8. The maximum absolute atomic E-state index is 5.80. The Labute approximate surface area is 117 Å². The Bertz CT molecular complexity index is 539. The third kappa shape index (κ3) is 3.99. The minimum absolute atomic E-state index is 0.686. The Balaban J connectivity index is 1.91. The van der Waals surface area contributed by atoms with Gasteiger partial charge in [0.25, 0.3) is 0 Å². The molecule has 0 aliphatic carbocycles. The van der Waals surface area contributed by atoms with E-state index in [0.29, 0.717) is 11.6 Å². The van der Waals surface area contributed by atoms with Crippen molar-refractivity contribution >= 4 is 17.4 Å². The molecule has 0 spiro atoms. The van der Waals surface area contributed by atoms with Crippen molar-refractivity contribution in [1.82, 2.24) is 10.1 Å². The number of rotatable bonds is 6. The molecule has 0 amide bonds. The average Bonchev–Trinajstić information content (AvgIpc) is 2.86. The molecule has 19 heavy (non-hydrogen) atoms. The topological polar surface area (TPSA) is 64.9 Å². The van der Waals surface area contributed by atoms with E-state index in [9.17, 15) is 0 Å². The molecule has 1 aromatic heterocycles. The summed E-state index contributed by atoms with van der Waals surface area (Å²) in [7, 11) is 0. The van der Waals surface area contributed by atoms with Gasteiger partial charge in [0.2, 0.25) is 5.89 Å². The van der Waals surface area contributed by atoms with Crippen LogP contribution in [0.5, 0.6) is 0 Å². The molecule has 1 aromatic carbocycles. The molecule has 2 rings (SSSR count). The standard InChI is InChI=1S/C14H19N3OS/c1-3-4-5-13-16-14(18-17-13)9-19-11-6-7-12(15)10(2)8-11/h6-8H,3-5,9,15H2,1-2H3. The average molecular weight is 277 g/mol. The zero-order chi connectivity index (χ0) is 13.7. The van der Waals surface area contributed by atoms with Crippen molar-refractivity contribution in [2.24, 2.45) is 0 Å². The lowest BCUT2D eigenvalue weighted by molar-refractivity contribution is 0.384. The Kier molecular flexibility index (Phi) is 4.85. The van der Waals surface area contributed by atoms with E-state index in [1.54, 1.807) is 11.8 Å². The lowest BCUT2D eigenvalue weighted by atomic mass is 10.2. The van der Waals surface area contributed by atoms with E-state index < -0.39 is 0 Å². The molecule has 5 heteroatoms. The van der Waals surface area contributed by atoms with E-state index in [4.69, 9.17) is 10.3 Å². The van der Waals surface area contributed by atoms with Gasteiger partial charge in [0.1, 0.15) is 0 Å². The van der Waals surface area contributed by atoms with Gasteiger partial charge in [0.05, 0.1) is 5.75 Å². The number of nitrogens with two attached hydrogens (primary N) is 1. The Hall–Kier alpha value is -1.49. The lowest BCUT2D eigenvalue weighted by Crippen LogP contribution is -1.90. The molecule has 1 heterocycles. The zero-order valence-corrected chi connectivity index (χ0v) is 12.2. The van der Waals surface area contributed by atoms with Gasteiger partial charge in [-0.05, 0) is 37.1 Å². The summed E-state index contributed by atoms with van der Waals surface area (Å²) in [5, 5.41) is 3.98. The second-order valence-electron chi connectivity index (χ2n) is 4.51. The molecule has 0 atom stereocenters. The van der Waals surface area contributed by atoms with Crippen LogP contribution in [-0.4, -0.2) is 10.1 Å². The van der Waals surface area contributed by atoms with Gasteiger partial charge in [-0.15, -0.1) is 11.8 Å². The van der Waals surface area contributed by atoms with Crippen LogP contribution in [0.15, 0.2) is 27.6 Å². The second-order valence-corrected chi connectivity index (χ2v) is 5.56. The van der Waals surface area contributed by atoms with Crippen molar-refractivity contribution in [3.8, 4) is 0 Å². The molecule has 4 nitrogen and oxygen atoms in total. The predicted octanol–water partition coefficient (Wildman–Crippen LogP) is 3.60. The molecule has 0 saturated carbocycles. The summed E-state index contributed by atoms with van der Waals surface area (Å²) in [6, 6.07) is 6.02. The van der Waals surface area contributed by atoms with E-state index >= 15 is 0 Å². The highest BCUT2D eigenvalue weighted by Crippen LogP contribution is 2.25. The minimum atomic E-state index is 0.686. The molecule has 0 unspecified atom stereocenters. The van der Waals surface area contributed by atoms with Crippen molar-refractivity contribution in [2.45, 2.75) is 43.8 Å². The van der Waals surface area contributed by atoms with Crippen LogP contribution in [0.4, 0.5) is 5.69 Å². The van der Waals surface area contributed by atoms with Gasteiger partial charge in [-0.3, -0.25) is 0 Å².